The molecule has 0 spiro atoms. The van der Waals surface area contributed by atoms with Crippen molar-refractivity contribution in [2.75, 3.05) is 52.4 Å². The summed E-state index contributed by atoms with van der Waals surface area (Å²) in [6.45, 7) is 10.8. The lowest BCUT2D eigenvalue weighted by Gasteiger charge is -2.45. The molecule has 2 aliphatic rings. The third kappa shape index (κ3) is 7.12. The van der Waals surface area contributed by atoms with Crippen LogP contribution in [-0.4, -0.2) is 97.0 Å². The fourth-order valence-corrected chi connectivity index (χ4v) is 3.77. The average Bonchev–Trinajstić information content (AvgIpc) is 2.76. The number of urea groups is 1. The first kappa shape index (κ1) is 22.2. The summed E-state index contributed by atoms with van der Waals surface area (Å²) in [5, 5.41) is 2.97. The first-order valence-corrected chi connectivity index (χ1v) is 9.69. The summed E-state index contributed by atoms with van der Waals surface area (Å²) in [5.74, 6) is 0. The maximum atomic E-state index is 12.6. The van der Waals surface area contributed by atoms with Crippen LogP contribution in [0.3, 0.4) is 0 Å². The molecule has 0 radical (unpaired) electrons. The molecule has 2 aliphatic heterocycles. The van der Waals surface area contributed by atoms with Gasteiger partial charge >= 0.3 is 12.2 Å². The van der Waals surface area contributed by atoms with Gasteiger partial charge in [0, 0.05) is 51.4 Å². The fourth-order valence-electron chi connectivity index (χ4n) is 3.77. The molecule has 9 heteroatoms. The van der Waals surface area contributed by atoms with Gasteiger partial charge in [-0.15, -0.1) is 0 Å². The molecule has 0 bridgehead atoms. The molecule has 0 aromatic heterocycles. The van der Waals surface area contributed by atoms with E-state index in [2.05, 4.69) is 24.1 Å². The van der Waals surface area contributed by atoms with Gasteiger partial charge in [-0.2, -0.15) is 13.2 Å². The van der Waals surface area contributed by atoms with E-state index in [1.54, 1.807) is 4.90 Å². The summed E-state index contributed by atoms with van der Waals surface area (Å²) >= 11 is 0. The molecule has 158 valence electrons. The highest BCUT2D eigenvalue weighted by molar-refractivity contribution is 5.74. The highest BCUT2D eigenvalue weighted by atomic mass is 19.4. The highest BCUT2D eigenvalue weighted by Gasteiger charge is 2.34. The molecule has 2 fully saturated rings. The van der Waals surface area contributed by atoms with E-state index in [9.17, 15) is 18.0 Å². The van der Waals surface area contributed by atoms with Gasteiger partial charge in [0.05, 0.1) is 18.8 Å². The van der Waals surface area contributed by atoms with Crippen LogP contribution in [0.1, 0.15) is 34.1 Å². The Labute approximate surface area is 160 Å². The van der Waals surface area contributed by atoms with Crippen molar-refractivity contribution in [3.05, 3.63) is 0 Å². The zero-order valence-electron chi connectivity index (χ0n) is 16.8. The number of rotatable bonds is 4. The van der Waals surface area contributed by atoms with Crippen LogP contribution >= 0.6 is 0 Å². The Balaban J connectivity index is 1.82. The van der Waals surface area contributed by atoms with Gasteiger partial charge in [-0.1, -0.05) is 0 Å². The topological polar surface area (TPSA) is 48.1 Å². The number of nitrogens with one attached hydrogen (secondary N) is 1. The second kappa shape index (κ2) is 8.96. The maximum Gasteiger partial charge on any atom is 0.401 e. The number of hydrogen-bond acceptors (Lipinski definition) is 4. The Hall–Kier alpha value is -1.06. The standard InChI is InChI=1S/C18H33F3N4O2/c1-14-10-25(11-15(2)27-14)17(3,4)12-22-16(26)24-7-5-6-23(8-9-24)13-18(19,20)21/h14-15H,5-13H2,1-4H3,(H,22,26). The first-order chi connectivity index (χ1) is 12.5. The van der Waals surface area contributed by atoms with Gasteiger partial charge in [-0.3, -0.25) is 9.80 Å². The quantitative estimate of drug-likeness (QED) is 0.794. The van der Waals surface area contributed by atoms with Crippen LogP contribution in [-0.2, 0) is 4.74 Å². The second-order valence-electron chi connectivity index (χ2n) is 8.37. The lowest BCUT2D eigenvalue weighted by molar-refractivity contribution is -0.145. The lowest BCUT2D eigenvalue weighted by atomic mass is 10.00. The smallest absolute Gasteiger partial charge is 0.373 e. The molecular formula is C18H33F3N4O2. The average molecular weight is 394 g/mol. The van der Waals surface area contributed by atoms with Crippen LogP contribution < -0.4 is 5.32 Å². The van der Waals surface area contributed by atoms with Crippen LogP contribution in [0, 0.1) is 0 Å². The largest absolute Gasteiger partial charge is 0.401 e. The Morgan fingerprint density at radius 1 is 1.07 bits per heavy atom. The van der Waals surface area contributed by atoms with Gasteiger partial charge in [0.15, 0.2) is 0 Å². The highest BCUT2D eigenvalue weighted by Crippen LogP contribution is 2.21. The molecule has 2 amide bonds. The summed E-state index contributed by atoms with van der Waals surface area (Å²) in [4.78, 5) is 17.8. The van der Waals surface area contributed by atoms with Gasteiger partial charge in [0.1, 0.15) is 0 Å². The van der Waals surface area contributed by atoms with E-state index in [0.29, 0.717) is 32.6 Å². The van der Waals surface area contributed by atoms with Crippen molar-refractivity contribution in [3.8, 4) is 0 Å². The summed E-state index contributed by atoms with van der Waals surface area (Å²) in [7, 11) is 0. The molecule has 0 aromatic rings. The molecule has 0 saturated carbocycles. The number of amides is 2. The number of halogens is 3. The van der Waals surface area contributed by atoms with Crippen molar-refractivity contribution in [1.29, 1.82) is 0 Å². The molecule has 2 unspecified atom stereocenters. The van der Waals surface area contributed by atoms with Crippen LogP contribution in [0.4, 0.5) is 18.0 Å². The zero-order valence-corrected chi connectivity index (χ0v) is 16.8. The van der Waals surface area contributed by atoms with Crippen LogP contribution in [0.2, 0.25) is 0 Å². The number of hydrogen-bond donors (Lipinski definition) is 1. The van der Waals surface area contributed by atoms with E-state index < -0.39 is 12.7 Å². The minimum Gasteiger partial charge on any atom is -0.373 e. The lowest BCUT2D eigenvalue weighted by Crippen LogP contribution is -2.59. The molecule has 2 atom stereocenters. The molecular weight excluding hydrogens is 361 g/mol. The molecule has 2 saturated heterocycles. The number of nitrogens with zero attached hydrogens (tertiary/aromatic N) is 3. The number of carbonyl (C=O) groups is 1. The summed E-state index contributed by atoms with van der Waals surface area (Å²) in [6, 6.07) is -0.203. The predicted octanol–water partition coefficient (Wildman–Crippen LogP) is 2.15. The SMILES string of the molecule is CC1CN(C(C)(C)CNC(=O)N2CCCN(CC(F)(F)F)CC2)CC(C)O1. The molecule has 6 nitrogen and oxygen atoms in total. The van der Waals surface area contributed by atoms with Crippen molar-refractivity contribution >= 4 is 6.03 Å². The number of carbonyl (C=O) groups excluding carboxylic acids is 1. The molecule has 27 heavy (non-hydrogen) atoms. The monoisotopic (exact) mass is 394 g/mol. The van der Waals surface area contributed by atoms with Crippen LogP contribution in [0.5, 0.6) is 0 Å². The van der Waals surface area contributed by atoms with Crippen molar-refractivity contribution in [1.82, 2.24) is 20.0 Å². The minimum atomic E-state index is -4.20. The van der Waals surface area contributed by atoms with Crippen LogP contribution in [0.25, 0.3) is 0 Å². The second-order valence-corrected chi connectivity index (χ2v) is 8.37. The maximum absolute atomic E-state index is 12.6. The third-order valence-corrected chi connectivity index (χ3v) is 5.23. The fraction of sp³-hybridized carbons (Fsp3) is 0.944. The Morgan fingerprint density at radius 3 is 2.30 bits per heavy atom. The normalized spacial score (nSPS) is 26.7. The van der Waals surface area contributed by atoms with Gasteiger partial charge in [-0.05, 0) is 34.1 Å². The van der Waals surface area contributed by atoms with E-state index in [-0.39, 0.29) is 30.3 Å². The number of alkyl halides is 3. The van der Waals surface area contributed by atoms with Crippen molar-refractivity contribution < 1.29 is 22.7 Å². The van der Waals surface area contributed by atoms with Crippen molar-refractivity contribution in [2.24, 2.45) is 0 Å². The van der Waals surface area contributed by atoms with E-state index in [0.717, 1.165) is 13.1 Å². The number of ether oxygens (including phenoxy) is 1. The van der Waals surface area contributed by atoms with Gasteiger partial charge in [-0.25, -0.2) is 4.79 Å². The Kier molecular flexibility index (Phi) is 7.38. The summed E-state index contributed by atoms with van der Waals surface area (Å²) in [6.07, 6.45) is -3.36. The van der Waals surface area contributed by atoms with Gasteiger partial charge in [0.2, 0.25) is 0 Å². The van der Waals surface area contributed by atoms with E-state index in [4.69, 9.17) is 4.74 Å². The van der Waals surface area contributed by atoms with E-state index >= 15 is 0 Å². The van der Waals surface area contributed by atoms with Gasteiger partial charge in [0.25, 0.3) is 0 Å². The van der Waals surface area contributed by atoms with E-state index in [1.165, 1.54) is 4.90 Å². The third-order valence-electron chi connectivity index (χ3n) is 5.23. The molecule has 0 aliphatic carbocycles. The van der Waals surface area contributed by atoms with Crippen LogP contribution in [0.15, 0.2) is 0 Å². The van der Waals surface area contributed by atoms with Gasteiger partial charge < -0.3 is 15.0 Å². The first-order valence-electron chi connectivity index (χ1n) is 9.69. The Bertz CT molecular complexity index is 491. The summed E-state index contributed by atoms with van der Waals surface area (Å²) < 4.78 is 43.5. The molecule has 2 heterocycles. The summed E-state index contributed by atoms with van der Waals surface area (Å²) in [5.41, 5.74) is -0.226. The molecule has 0 aromatic carbocycles. The van der Waals surface area contributed by atoms with Crippen molar-refractivity contribution in [3.63, 3.8) is 0 Å². The van der Waals surface area contributed by atoms with E-state index in [1.807, 2.05) is 13.8 Å². The number of morpholine rings is 1. The molecule has 1 N–H and O–H groups in total. The van der Waals surface area contributed by atoms with Crippen molar-refractivity contribution in [2.45, 2.75) is 58.0 Å². The predicted molar refractivity (Wildman–Crippen MR) is 97.7 cm³/mol. The minimum absolute atomic E-state index is 0.147. The molecule has 2 rings (SSSR count). The Morgan fingerprint density at radius 2 is 1.70 bits per heavy atom. The zero-order chi connectivity index (χ0) is 20.2.